The molecule has 0 heterocycles. The van der Waals surface area contributed by atoms with Crippen molar-refractivity contribution in [2.24, 2.45) is 0 Å². The third kappa shape index (κ3) is 4.03. The Morgan fingerprint density at radius 1 is 1.55 bits per heavy atom. The van der Waals surface area contributed by atoms with E-state index in [0.29, 0.717) is 13.0 Å². The molecule has 6 heteroatoms. The minimum absolute atomic E-state index is 0.377. The Hall–Kier alpha value is 0.320. The van der Waals surface area contributed by atoms with Crippen molar-refractivity contribution in [2.45, 2.75) is 13.3 Å². The first-order valence-electron chi connectivity index (χ1n) is 3.26. The molecule has 0 radical (unpaired) electrons. The highest BCUT2D eigenvalue weighted by atomic mass is 79.9. The van der Waals surface area contributed by atoms with Gasteiger partial charge in [-0.1, -0.05) is 6.92 Å². The predicted molar refractivity (Wildman–Crippen MR) is 45.7 cm³/mol. The van der Waals surface area contributed by atoms with Gasteiger partial charge in [0.25, 0.3) is 0 Å². The molecule has 0 saturated heterocycles. The van der Waals surface area contributed by atoms with Crippen LogP contribution in [0, 0.1) is 0 Å². The van der Waals surface area contributed by atoms with Gasteiger partial charge in [0.2, 0.25) is 10.0 Å². The lowest BCUT2D eigenvalue weighted by Gasteiger charge is -2.11. The van der Waals surface area contributed by atoms with Crippen molar-refractivity contribution in [3.05, 3.63) is 0 Å². The second-order valence-electron chi connectivity index (χ2n) is 2.02. The summed E-state index contributed by atoms with van der Waals surface area (Å²) in [6, 6.07) is 0. The van der Waals surface area contributed by atoms with Gasteiger partial charge in [-0.3, -0.25) is 0 Å². The highest BCUT2D eigenvalue weighted by Gasteiger charge is 2.17. The molecular formula is C5H11BrFNO2S. The van der Waals surface area contributed by atoms with Gasteiger partial charge < -0.3 is 0 Å². The average molecular weight is 248 g/mol. The van der Waals surface area contributed by atoms with Crippen molar-refractivity contribution in [3.63, 3.8) is 0 Å². The van der Waals surface area contributed by atoms with Crippen molar-refractivity contribution in [1.82, 2.24) is 3.33 Å². The Bertz CT molecular complexity index is 195. The summed E-state index contributed by atoms with van der Waals surface area (Å²) in [4.78, 5) is 0. The Morgan fingerprint density at radius 2 is 2.09 bits per heavy atom. The molecule has 3 nitrogen and oxygen atoms in total. The lowest BCUT2D eigenvalue weighted by atomic mass is 10.5. The average Bonchev–Trinajstić information content (AvgIpc) is 1.88. The molecule has 0 fully saturated rings. The number of alkyl halides is 1. The summed E-state index contributed by atoms with van der Waals surface area (Å²) in [7, 11) is -3.40. The number of sulfonamides is 1. The van der Waals surface area contributed by atoms with Crippen LogP contribution in [0.25, 0.3) is 0 Å². The lowest BCUT2D eigenvalue weighted by Crippen LogP contribution is -2.25. The normalized spacial score (nSPS) is 12.4. The zero-order valence-corrected chi connectivity index (χ0v) is 8.66. The smallest absolute Gasteiger partial charge is 0.226 e. The van der Waals surface area contributed by atoms with Crippen LogP contribution in [0.4, 0.5) is 4.39 Å². The molecule has 0 N–H and O–H groups in total. The van der Waals surface area contributed by atoms with Gasteiger partial charge in [-0.2, -0.15) is 0 Å². The molecule has 0 aromatic heterocycles. The summed E-state index contributed by atoms with van der Waals surface area (Å²) >= 11 is 2.84. The summed E-state index contributed by atoms with van der Waals surface area (Å²) in [6.07, 6.45) is 0.705. The summed E-state index contributed by atoms with van der Waals surface area (Å²) < 4.78 is 34.6. The molecule has 11 heavy (non-hydrogen) atoms. The summed E-state index contributed by atoms with van der Waals surface area (Å²) in [5.74, 6) is -0.446. The van der Waals surface area contributed by atoms with Gasteiger partial charge in [0.1, 0.15) is 6.67 Å². The summed E-state index contributed by atoms with van der Waals surface area (Å²) in [5, 5.41) is 0. The second-order valence-corrected chi connectivity index (χ2v) is 5.35. The van der Waals surface area contributed by atoms with Gasteiger partial charge in [0, 0.05) is 22.7 Å². The Kier molecular flexibility index (Phi) is 5.20. The van der Waals surface area contributed by atoms with E-state index >= 15 is 0 Å². The maximum Gasteiger partial charge on any atom is 0.226 e. The standard InChI is InChI=1S/C5H11BrFNO2S/c1-2-4-8(6)11(9,10)5-3-7/h2-5H2,1H3. The molecule has 0 aliphatic heterocycles. The van der Waals surface area contributed by atoms with E-state index in [1.54, 1.807) is 0 Å². The molecule has 0 aliphatic rings. The van der Waals surface area contributed by atoms with Crippen molar-refractivity contribution >= 4 is 26.2 Å². The van der Waals surface area contributed by atoms with Crippen LogP contribution in [0.1, 0.15) is 13.3 Å². The molecule has 0 unspecified atom stereocenters. The third-order valence-corrected chi connectivity index (χ3v) is 4.17. The van der Waals surface area contributed by atoms with E-state index < -0.39 is 22.5 Å². The second kappa shape index (κ2) is 5.05. The van der Waals surface area contributed by atoms with Crippen LogP contribution >= 0.6 is 16.1 Å². The van der Waals surface area contributed by atoms with Crippen LogP contribution in [0.5, 0.6) is 0 Å². The van der Waals surface area contributed by atoms with Crippen molar-refractivity contribution in [3.8, 4) is 0 Å². The number of halogens is 2. The van der Waals surface area contributed by atoms with Crippen molar-refractivity contribution in [2.75, 3.05) is 19.0 Å². The maximum atomic E-state index is 11.7. The van der Waals surface area contributed by atoms with Crippen molar-refractivity contribution in [1.29, 1.82) is 0 Å². The molecule has 68 valence electrons. The first kappa shape index (κ1) is 11.3. The molecule has 0 aromatic carbocycles. The number of hydrogen-bond acceptors (Lipinski definition) is 2. The molecule has 0 atom stereocenters. The fraction of sp³-hybridized carbons (Fsp3) is 1.00. The van der Waals surface area contributed by atoms with Gasteiger partial charge >= 0.3 is 0 Å². The van der Waals surface area contributed by atoms with Gasteiger partial charge in [-0.05, 0) is 6.42 Å². The third-order valence-electron chi connectivity index (χ3n) is 1.04. The molecule has 0 spiro atoms. The van der Waals surface area contributed by atoms with E-state index in [2.05, 4.69) is 16.1 Å². The topological polar surface area (TPSA) is 37.4 Å². The Morgan fingerprint density at radius 3 is 2.45 bits per heavy atom. The van der Waals surface area contributed by atoms with E-state index in [1.807, 2.05) is 6.92 Å². The number of nitrogens with zero attached hydrogens (tertiary/aromatic N) is 1. The van der Waals surface area contributed by atoms with Gasteiger partial charge in [0.15, 0.2) is 0 Å². The SMILES string of the molecule is CCCN(Br)S(=O)(=O)CCF. The van der Waals surface area contributed by atoms with E-state index in [4.69, 9.17) is 0 Å². The number of hydrogen-bond donors (Lipinski definition) is 0. The maximum absolute atomic E-state index is 11.7. The Labute approximate surface area is 75.0 Å². The highest BCUT2D eigenvalue weighted by Crippen LogP contribution is 2.08. The monoisotopic (exact) mass is 247 g/mol. The van der Waals surface area contributed by atoms with E-state index in [0.717, 1.165) is 3.33 Å². The summed E-state index contributed by atoms with van der Waals surface area (Å²) in [6.45, 7) is 1.38. The molecule has 0 bridgehead atoms. The fourth-order valence-electron chi connectivity index (χ4n) is 0.511. The molecule has 0 saturated carbocycles. The lowest BCUT2D eigenvalue weighted by molar-refractivity contribution is 0.500. The largest absolute Gasteiger partial charge is 0.250 e. The van der Waals surface area contributed by atoms with Crippen LogP contribution in [0.3, 0.4) is 0 Å². The van der Waals surface area contributed by atoms with Crippen LogP contribution in [0.2, 0.25) is 0 Å². The van der Waals surface area contributed by atoms with Crippen LogP contribution in [0.15, 0.2) is 0 Å². The quantitative estimate of drug-likeness (QED) is 0.688. The molecular weight excluding hydrogens is 237 g/mol. The van der Waals surface area contributed by atoms with Gasteiger partial charge in [-0.25, -0.2) is 12.8 Å². The molecule has 0 aromatic rings. The van der Waals surface area contributed by atoms with E-state index in [1.165, 1.54) is 0 Å². The minimum Gasteiger partial charge on any atom is -0.250 e. The predicted octanol–water partition coefficient (Wildman–Crippen LogP) is 1.31. The van der Waals surface area contributed by atoms with E-state index in [-0.39, 0.29) is 0 Å². The van der Waals surface area contributed by atoms with Crippen LogP contribution in [-0.4, -0.2) is 30.7 Å². The van der Waals surface area contributed by atoms with Crippen LogP contribution < -0.4 is 0 Å². The Balaban J connectivity index is 4.07. The summed E-state index contributed by atoms with van der Waals surface area (Å²) in [5.41, 5.74) is 0. The van der Waals surface area contributed by atoms with Gasteiger partial charge in [0.05, 0.1) is 5.75 Å². The highest BCUT2D eigenvalue weighted by molar-refractivity contribution is 9.08. The minimum atomic E-state index is -3.40. The van der Waals surface area contributed by atoms with Gasteiger partial charge in [-0.15, -0.1) is 3.33 Å². The number of rotatable bonds is 5. The first-order valence-corrected chi connectivity index (χ1v) is 5.58. The van der Waals surface area contributed by atoms with Crippen molar-refractivity contribution < 1.29 is 12.8 Å². The molecule has 0 amide bonds. The molecule has 0 rings (SSSR count). The molecule has 0 aliphatic carbocycles. The zero-order valence-electron chi connectivity index (χ0n) is 6.26. The zero-order chi connectivity index (χ0) is 8.91. The van der Waals surface area contributed by atoms with E-state index in [9.17, 15) is 12.8 Å². The van der Waals surface area contributed by atoms with Crippen LogP contribution in [-0.2, 0) is 10.0 Å². The fourth-order valence-corrected chi connectivity index (χ4v) is 2.15. The first-order chi connectivity index (χ1) is 5.04.